The first-order valence-corrected chi connectivity index (χ1v) is 12.3. The van der Waals surface area contributed by atoms with Crippen molar-refractivity contribution in [3.05, 3.63) is 0 Å². The third-order valence-corrected chi connectivity index (χ3v) is 7.43. The Labute approximate surface area is 175 Å². The standard InChI is InChI=1S/C24H47N3O/c1-20(2)28-24-10-16-26(17-11-24)15-7-21(3)18-22-6-5-12-27(19-22)23-8-13-25(4)14-9-23/h20-24H,5-19H2,1-4H3. The minimum absolute atomic E-state index is 0.376. The maximum absolute atomic E-state index is 6.00. The molecule has 0 amide bonds. The second-order valence-electron chi connectivity index (χ2n) is 10.4. The minimum atomic E-state index is 0.376. The van der Waals surface area contributed by atoms with Crippen LogP contribution in [0.15, 0.2) is 0 Å². The van der Waals surface area contributed by atoms with Crippen LogP contribution in [0.25, 0.3) is 0 Å². The Hall–Kier alpha value is -0.160. The van der Waals surface area contributed by atoms with Gasteiger partial charge in [-0.15, -0.1) is 0 Å². The SMILES string of the molecule is CC(CCN1CCC(OC(C)C)CC1)CC1CCCN(C2CCN(C)CC2)C1. The molecule has 3 fully saturated rings. The van der Waals surface area contributed by atoms with Crippen molar-refractivity contribution in [2.45, 2.75) is 90.4 Å². The summed E-state index contributed by atoms with van der Waals surface area (Å²) in [5, 5.41) is 0. The molecule has 0 N–H and O–H groups in total. The molecule has 0 aromatic rings. The molecule has 2 atom stereocenters. The third-order valence-electron chi connectivity index (χ3n) is 7.43. The number of ether oxygens (including phenoxy) is 1. The van der Waals surface area contributed by atoms with E-state index >= 15 is 0 Å². The van der Waals surface area contributed by atoms with Crippen molar-refractivity contribution in [3.63, 3.8) is 0 Å². The number of hydrogen-bond acceptors (Lipinski definition) is 4. The molecule has 28 heavy (non-hydrogen) atoms. The maximum Gasteiger partial charge on any atom is 0.0603 e. The van der Waals surface area contributed by atoms with Crippen molar-refractivity contribution in [3.8, 4) is 0 Å². The van der Waals surface area contributed by atoms with Gasteiger partial charge in [0.2, 0.25) is 0 Å². The highest BCUT2D eigenvalue weighted by Gasteiger charge is 2.29. The lowest BCUT2D eigenvalue weighted by atomic mass is 9.86. The molecular formula is C24H47N3O. The van der Waals surface area contributed by atoms with E-state index in [-0.39, 0.29) is 0 Å². The molecule has 0 saturated carbocycles. The Morgan fingerprint density at radius 1 is 0.893 bits per heavy atom. The number of hydrogen-bond donors (Lipinski definition) is 0. The Balaban J connectivity index is 1.32. The first-order valence-electron chi connectivity index (χ1n) is 12.3. The molecule has 3 rings (SSSR count). The predicted molar refractivity (Wildman–Crippen MR) is 119 cm³/mol. The molecule has 0 aromatic carbocycles. The average molecular weight is 394 g/mol. The van der Waals surface area contributed by atoms with Gasteiger partial charge in [-0.1, -0.05) is 6.92 Å². The second kappa shape index (κ2) is 11.3. The van der Waals surface area contributed by atoms with Crippen LogP contribution in [-0.4, -0.2) is 85.8 Å². The molecule has 0 aliphatic carbocycles. The highest BCUT2D eigenvalue weighted by atomic mass is 16.5. The Morgan fingerprint density at radius 3 is 2.29 bits per heavy atom. The van der Waals surface area contributed by atoms with Crippen LogP contribution in [0, 0.1) is 11.8 Å². The topological polar surface area (TPSA) is 19.0 Å². The molecule has 164 valence electrons. The van der Waals surface area contributed by atoms with Crippen molar-refractivity contribution >= 4 is 0 Å². The van der Waals surface area contributed by atoms with Gasteiger partial charge in [-0.2, -0.15) is 0 Å². The number of likely N-dealkylation sites (tertiary alicyclic amines) is 3. The fourth-order valence-electron chi connectivity index (χ4n) is 5.73. The van der Waals surface area contributed by atoms with Crippen LogP contribution in [0.2, 0.25) is 0 Å². The van der Waals surface area contributed by atoms with Crippen molar-refractivity contribution in [1.82, 2.24) is 14.7 Å². The van der Waals surface area contributed by atoms with Crippen LogP contribution < -0.4 is 0 Å². The molecule has 3 aliphatic rings. The van der Waals surface area contributed by atoms with Gasteiger partial charge in [0.25, 0.3) is 0 Å². The maximum atomic E-state index is 6.00. The zero-order chi connectivity index (χ0) is 19.9. The lowest BCUT2D eigenvalue weighted by Gasteiger charge is -2.42. The molecule has 3 heterocycles. The largest absolute Gasteiger partial charge is 0.375 e. The zero-order valence-electron chi connectivity index (χ0n) is 19.2. The van der Waals surface area contributed by atoms with Gasteiger partial charge in [0.05, 0.1) is 12.2 Å². The Morgan fingerprint density at radius 2 is 1.61 bits per heavy atom. The van der Waals surface area contributed by atoms with Crippen LogP contribution in [0.3, 0.4) is 0 Å². The van der Waals surface area contributed by atoms with Gasteiger partial charge < -0.3 is 19.4 Å². The lowest BCUT2D eigenvalue weighted by Crippen LogP contribution is -2.48. The van der Waals surface area contributed by atoms with Gasteiger partial charge in [0, 0.05) is 25.7 Å². The normalized spacial score (nSPS) is 28.8. The Kier molecular flexibility index (Phi) is 9.08. The van der Waals surface area contributed by atoms with Crippen molar-refractivity contribution in [1.29, 1.82) is 0 Å². The highest BCUT2D eigenvalue weighted by Crippen LogP contribution is 2.28. The van der Waals surface area contributed by atoms with E-state index in [4.69, 9.17) is 4.74 Å². The van der Waals surface area contributed by atoms with Gasteiger partial charge in [-0.05, 0) is 110 Å². The van der Waals surface area contributed by atoms with Gasteiger partial charge in [0.1, 0.15) is 0 Å². The van der Waals surface area contributed by atoms with Crippen molar-refractivity contribution in [2.75, 3.05) is 52.9 Å². The minimum Gasteiger partial charge on any atom is -0.375 e. The highest BCUT2D eigenvalue weighted by molar-refractivity contribution is 4.84. The van der Waals surface area contributed by atoms with Crippen molar-refractivity contribution in [2.24, 2.45) is 11.8 Å². The summed E-state index contributed by atoms with van der Waals surface area (Å²) in [5.41, 5.74) is 0. The molecule has 0 radical (unpaired) electrons. The van der Waals surface area contributed by atoms with Crippen LogP contribution in [-0.2, 0) is 4.74 Å². The summed E-state index contributed by atoms with van der Waals surface area (Å²) >= 11 is 0. The molecular weight excluding hydrogens is 346 g/mol. The third kappa shape index (κ3) is 7.27. The fourth-order valence-corrected chi connectivity index (χ4v) is 5.73. The molecule has 3 saturated heterocycles. The first-order chi connectivity index (χ1) is 13.5. The van der Waals surface area contributed by atoms with Crippen LogP contribution in [0.1, 0.15) is 72.1 Å². The molecule has 2 unspecified atom stereocenters. The monoisotopic (exact) mass is 393 g/mol. The average Bonchev–Trinajstić information content (AvgIpc) is 2.68. The summed E-state index contributed by atoms with van der Waals surface area (Å²) in [6, 6.07) is 0.864. The van der Waals surface area contributed by atoms with Crippen LogP contribution in [0.5, 0.6) is 0 Å². The van der Waals surface area contributed by atoms with Gasteiger partial charge in [-0.3, -0.25) is 0 Å². The predicted octanol–water partition coefficient (Wildman–Crippen LogP) is 4.10. The molecule has 4 heteroatoms. The van der Waals surface area contributed by atoms with E-state index in [1.807, 2.05) is 0 Å². The van der Waals surface area contributed by atoms with E-state index in [1.54, 1.807) is 0 Å². The van der Waals surface area contributed by atoms with Gasteiger partial charge in [-0.25, -0.2) is 0 Å². The number of piperidine rings is 3. The summed E-state index contributed by atoms with van der Waals surface area (Å²) in [6.07, 6.45) is 11.8. The second-order valence-corrected chi connectivity index (χ2v) is 10.4. The Bertz CT molecular complexity index is 428. The molecule has 0 spiro atoms. The summed E-state index contributed by atoms with van der Waals surface area (Å²) in [4.78, 5) is 8.04. The van der Waals surface area contributed by atoms with E-state index in [0.717, 1.165) is 17.9 Å². The lowest BCUT2D eigenvalue weighted by molar-refractivity contribution is -0.0273. The molecule has 4 nitrogen and oxygen atoms in total. The summed E-state index contributed by atoms with van der Waals surface area (Å²) in [6.45, 7) is 15.9. The summed E-state index contributed by atoms with van der Waals surface area (Å²) in [7, 11) is 2.27. The molecule has 0 aromatic heterocycles. The fraction of sp³-hybridized carbons (Fsp3) is 1.00. The van der Waals surface area contributed by atoms with Gasteiger partial charge in [0.15, 0.2) is 0 Å². The molecule has 0 bridgehead atoms. The van der Waals surface area contributed by atoms with E-state index in [0.29, 0.717) is 12.2 Å². The first kappa shape index (κ1) is 22.5. The smallest absolute Gasteiger partial charge is 0.0603 e. The van der Waals surface area contributed by atoms with Crippen LogP contribution in [0.4, 0.5) is 0 Å². The van der Waals surface area contributed by atoms with Crippen LogP contribution >= 0.6 is 0 Å². The molecule has 3 aliphatic heterocycles. The van der Waals surface area contributed by atoms with E-state index < -0.39 is 0 Å². The van der Waals surface area contributed by atoms with Crippen molar-refractivity contribution < 1.29 is 4.74 Å². The number of nitrogens with zero attached hydrogens (tertiary/aromatic N) is 3. The number of rotatable bonds is 8. The van der Waals surface area contributed by atoms with E-state index in [2.05, 4.69) is 42.5 Å². The summed E-state index contributed by atoms with van der Waals surface area (Å²) in [5.74, 6) is 1.81. The van der Waals surface area contributed by atoms with E-state index in [9.17, 15) is 0 Å². The summed E-state index contributed by atoms with van der Waals surface area (Å²) < 4.78 is 6.00. The van der Waals surface area contributed by atoms with E-state index in [1.165, 1.54) is 97.2 Å². The van der Waals surface area contributed by atoms with Gasteiger partial charge >= 0.3 is 0 Å². The quantitative estimate of drug-likeness (QED) is 0.618. The zero-order valence-corrected chi connectivity index (χ0v) is 19.2.